The monoisotopic (exact) mass is 955 g/mol. The molecule has 3 aromatic carbocycles. The minimum Gasteiger partial charge on any atom is -0.545 e. The third-order valence-corrected chi connectivity index (χ3v) is 11.4. The van der Waals surface area contributed by atoms with Gasteiger partial charge in [-0.1, -0.05) is 54.6 Å². The smallest absolute Gasteiger partial charge is 0.545 e. The number of hydrogen-bond donors (Lipinski definition) is 0. The number of carboxylic acids is 3. The summed E-state index contributed by atoms with van der Waals surface area (Å²) in [7, 11) is 0. The van der Waals surface area contributed by atoms with Crippen LogP contribution in [-0.4, -0.2) is 32.9 Å². The molecule has 0 atom stereocenters. The number of hydrogen-bond acceptors (Lipinski definition) is 12. The van der Waals surface area contributed by atoms with Gasteiger partial charge in [0.25, 0.3) is 0 Å². The van der Waals surface area contributed by atoms with Crippen molar-refractivity contribution >= 4 is 82.2 Å². The van der Waals surface area contributed by atoms with Crippen molar-refractivity contribution in [1.29, 1.82) is 0 Å². The molecule has 0 aliphatic heterocycles. The van der Waals surface area contributed by atoms with Crippen molar-refractivity contribution in [3.8, 4) is 31.7 Å². The largest absolute Gasteiger partial charge is 3.00 e. The van der Waals surface area contributed by atoms with Gasteiger partial charge in [-0.15, -0.1) is 34.0 Å². The van der Waals surface area contributed by atoms with E-state index in [4.69, 9.17) is 0 Å². The summed E-state index contributed by atoms with van der Waals surface area (Å²) < 4.78 is 3.34. The first-order chi connectivity index (χ1) is 26.3. The summed E-state index contributed by atoms with van der Waals surface area (Å²) in [6, 6.07) is 39.0. The molecule has 6 heterocycles. The van der Waals surface area contributed by atoms with Gasteiger partial charge in [0, 0.05) is 49.4 Å². The SMILES string of the molecule is O=C([O-])c1cccnc1-c1cc2ccccc2s1.O=C([O-])c1cccnc1-c1cc2ccccc2s1.O=C([O-])c1cccnc1-c1cc2ccccc2s1.[Ir+3]. The standard InChI is InChI=1S/3C14H9NO2S.Ir/c3*16-14(17)10-5-3-7-15-13(10)12-8-9-4-1-2-6-11(9)18-12;/h3*1-8H,(H,16,17);/q;;;+3/p-3. The van der Waals surface area contributed by atoms with Crippen molar-refractivity contribution in [2.45, 2.75) is 0 Å². The fourth-order valence-corrected chi connectivity index (χ4v) is 8.82. The average Bonchev–Trinajstić information content (AvgIpc) is 3.95. The van der Waals surface area contributed by atoms with Crippen LogP contribution in [0.3, 0.4) is 0 Å². The van der Waals surface area contributed by atoms with E-state index in [1.807, 2.05) is 91.0 Å². The second-order valence-corrected chi connectivity index (χ2v) is 14.8. The van der Waals surface area contributed by atoms with E-state index in [1.165, 1.54) is 52.2 Å². The second-order valence-electron chi connectivity index (χ2n) is 11.5. The van der Waals surface area contributed by atoms with E-state index < -0.39 is 17.9 Å². The molecule has 0 unspecified atom stereocenters. The first kappa shape index (κ1) is 38.8. The van der Waals surface area contributed by atoms with Gasteiger partial charge in [0.2, 0.25) is 0 Å². The van der Waals surface area contributed by atoms with Crippen LogP contribution in [0, 0.1) is 0 Å². The predicted octanol–water partition coefficient (Wildman–Crippen LogP) is 6.98. The minimum absolute atomic E-state index is 0. The van der Waals surface area contributed by atoms with Crippen LogP contribution in [0.25, 0.3) is 62.0 Å². The maximum Gasteiger partial charge on any atom is 3.00 e. The molecule has 0 N–H and O–H groups in total. The molecule has 0 radical (unpaired) electrons. The first-order valence-corrected chi connectivity index (χ1v) is 18.7. The quantitative estimate of drug-likeness (QED) is 0.172. The number of carbonyl (C=O) groups excluding carboxylic acids is 3. The van der Waals surface area contributed by atoms with Gasteiger partial charge >= 0.3 is 20.1 Å². The zero-order valence-electron chi connectivity index (χ0n) is 28.2. The molecule has 0 fully saturated rings. The maximum absolute atomic E-state index is 11.1. The molecule has 13 heteroatoms. The molecule has 0 aliphatic rings. The van der Waals surface area contributed by atoms with Crippen molar-refractivity contribution in [3.63, 3.8) is 0 Å². The number of carboxylic acid groups (broad SMARTS) is 3. The predicted molar refractivity (Wildman–Crippen MR) is 208 cm³/mol. The van der Waals surface area contributed by atoms with Crippen molar-refractivity contribution < 1.29 is 49.8 Å². The molecule has 9 nitrogen and oxygen atoms in total. The number of fused-ring (bicyclic) bond motifs is 3. The molecule has 0 amide bonds. The zero-order valence-corrected chi connectivity index (χ0v) is 33.1. The molecule has 0 saturated carbocycles. The Balaban J connectivity index is 0.000000139. The third-order valence-electron chi connectivity index (χ3n) is 8.06. The number of aromatic carboxylic acids is 3. The van der Waals surface area contributed by atoms with Gasteiger partial charge in [-0.05, 0) is 89.0 Å². The van der Waals surface area contributed by atoms with Crippen LogP contribution in [0.5, 0.6) is 0 Å². The van der Waals surface area contributed by atoms with Gasteiger partial charge in [-0.25, -0.2) is 0 Å². The van der Waals surface area contributed by atoms with Gasteiger partial charge in [0.05, 0.1) is 49.6 Å². The second kappa shape index (κ2) is 17.5. The number of thiophene rings is 3. The normalized spacial score (nSPS) is 10.5. The summed E-state index contributed by atoms with van der Waals surface area (Å²) in [5, 5.41) is 36.5. The molecule has 55 heavy (non-hydrogen) atoms. The molecule has 0 bridgehead atoms. The number of carbonyl (C=O) groups is 3. The molecular formula is C42H24IrN3O6S3. The van der Waals surface area contributed by atoms with E-state index in [0.29, 0.717) is 17.1 Å². The molecule has 6 aromatic heterocycles. The molecule has 0 saturated heterocycles. The number of aromatic nitrogens is 3. The van der Waals surface area contributed by atoms with Crippen LogP contribution in [0.2, 0.25) is 0 Å². The Bertz CT molecular complexity index is 2410. The van der Waals surface area contributed by atoms with Crippen molar-refractivity contribution in [3.05, 3.63) is 163 Å². The molecule has 0 spiro atoms. The Morgan fingerprint density at radius 2 is 0.673 bits per heavy atom. The molecule has 9 aromatic rings. The van der Waals surface area contributed by atoms with E-state index in [1.54, 1.807) is 36.8 Å². The number of pyridine rings is 3. The van der Waals surface area contributed by atoms with Crippen LogP contribution >= 0.6 is 34.0 Å². The summed E-state index contributed by atoms with van der Waals surface area (Å²) >= 11 is 4.58. The Labute approximate surface area is 339 Å². The van der Waals surface area contributed by atoms with E-state index in [2.05, 4.69) is 15.0 Å². The molecule has 270 valence electrons. The van der Waals surface area contributed by atoms with E-state index in [-0.39, 0.29) is 36.8 Å². The fourth-order valence-electron chi connectivity index (χ4n) is 5.59. The number of rotatable bonds is 6. The summed E-state index contributed by atoms with van der Waals surface area (Å²) in [6.07, 6.45) is 4.77. The Morgan fingerprint density at radius 3 is 0.927 bits per heavy atom. The first-order valence-electron chi connectivity index (χ1n) is 16.2. The van der Waals surface area contributed by atoms with Crippen molar-refractivity contribution in [2.24, 2.45) is 0 Å². The Kier molecular flexibility index (Phi) is 12.3. The van der Waals surface area contributed by atoms with Gasteiger partial charge in [-0.3, -0.25) is 15.0 Å². The molecular weight excluding hydrogens is 931 g/mol. The fraction of sp³-hybridized carbons (Fsp3) is 0. The van der Waals surface area contributed by atoms with Crippen LogP contribution in [0.15, 0.2) is 146 Å². The third kappa shape index (κ3) is 8.73. The topological polar surface area (TPSA) is 159 Å². The summed E-state index contributed by atoms with van der Waals surface area (Å²) in [4.78, 5) is 48.2. The van der Waals surface area contributed by atoms with E-state index >= 15 is 0 Å². The van der Waals surface area contributed by atoms with E-state index in [0.717, 1.165) is 44.9 Å². The van der Waals surface area contributed by atoms with Gasteiger partial charge in [0.1, 0.15) is 0 Å². The summed E-state index contributed by atoms with van der Waals surface area (Å²) in [5.74, 6) is -3.60. The van der Waals surface area contributed by atoms with Gasteiger partial charge < -0.3 is 29.7 Å². The molecule has 0 aliphatic carbocycles. The Hall–Kier alpha value is -5.95. The minimum atomic E-state index is -1.20. The van der Waals surface area contributed by atoms with Crippen LogP contribution in [0.4, 0.5) is 0 Å². The average molecular weight is 955 g/mol. The summed E-state index contributed by atoms with van der Waals surface area (Å²) in [6.45, 7) is 0. The number of nitrogens with zero attached hydrogens (tertiary/aromatic N) is 3. The van der Waals surface area contributed by atoms with Gasteiger partial charge in [0.15, 0.2) is 0 Å². The summed E-state index contributed by atoms with van der Waals surface area (Å²) in [5.41, 5.74) is 1.80. The van der Waals surface area contributed by atoms with Gasteiger partial charge in [-0.2, -0.15) is 0 Å². The zero-order chi connectivity index (χ0) is 37.6. The van der Waals surface area contributed by atoms with Crippen molar-refractivity contribution in [1.82, 2.24) is 15.0 Å². The van der Waals surface area contributed by atoms with E-state index in [9.17, 15) is 29.7 Å². The Morgan fingerprint density at radius 1 is 0.400 bits per heavy atom. The molecule has 9 rings (SSSR count). The van der Waals surface area contributed by atoms with Crippen molar-refractivity contribution in [2.75, 3.05) is 0 Å². The van der Waals surface area contributed by atoms with Crippen LogP contribution < -0.4 is 15.3 Å². The van der Waals surface area contributed by atoms with Crippen LogP contribution in [-0.2, 0) is 20.1 Å². The van der Waals surface area contributed by atoms with Crippen LogP contribution in [0.1, 0.15) is 31.1 Å². The number of benzene rings is 3. The maximum atomic E-state index is 11.1.